The third kappa shape index (κ3) is 11.1. The average Bonchev–Trinajstić information content (AvgIpc) is 4.05. The fraction of sp³-hybridized carbons (Fsp3) is 0.610. The molecule has 3 unspecified atom stereocenters. The highest BCUT2D eigenvalue weighted by Gasteiger charge is 2.60. The summed E-state index contributed by atoms with van der Waals surface area (Å²) >= 11 is 1.38. The van der Waals surface area contributed by atoms with Gasteiger partial charge in [-0.2, -0.15) is 0 Å². The molecule has 0 spiro atoms. The number of H-pyrrole nitrogens is 1. The highest BCUT2D eigenvalue weighted by molar-refractivity contribution is 7.98. The topological polar surface area (TPSA) is 197 Å². The third-order valence-electron chi connectivity index (χ3n) is 10.3. The number of rotatable bonds is 17. The van der Waals surface area contributed by atoms with Crippen molar-refractivity contribution in [2.24, 2.45) is 11.3 Å². The largest absolute Gasteiger partial charge is 0.496 e. The van der Waals surface area contributed by atoms with Crippen molar-refractivity contribution in [3.8, 4) is 5.75 Å². The first-order valence-corrected chi connectivity index (χ1v) is 20.5. The second kappa shape index (κ2) is 17.9. The van der Waals surface area contributed by atoms with Crippen molar-refractivity contribution in [3.05, 3.63) is 53.0 Å². The molecule has 0 radical (unpaired) electrons. The van der Waals surface area contributed by atoms with E-state index in [0.717, 1.165) is 23.8 Å². The van der Waals surface area contributed by atoms with Crippen molar-refractivity contribution >= 4 is 52.4 Å². The van der Waals surface area contributed by atoms with E-state index in [1.54, 1.807) is 73.1 Å². The number of nitrogens with zero attached hydrogens (tertiary/aromatic N) is 1. The van der Waals surface area contributed by atoms with E-state index >= 15 is 0 Å². The van der Waals surface area contributed by atoms with Crippen LogP contribution in [0.1, 0.15) is 85.6 Å². The van der Waals surface area contributed by atoms with Crippen molar-refractivity contribution in [3.63, 3.8) is 0 Å². The molecule has 5 rings (SSSR count). The molecule has 0 bridgehead atoms. The van der Waals surface area contributed by atoms with Crippen molar-refractivity contribution in [2.45, 2.75) is 121 Å². The standard InChI is InChI=1S/C41H58N6O9S/c1-9-26-22-41(26,37(52)46-57-27-14-15-27)45-35(50)30-13-10-18-47(30)36(51)32(39(2,3)4)44-34(49)29(43-38(53)56-40(5,6)7)23-55-19-11-12-25-20-28-24(21-31(25)54-8)16-17-42-33(28)48/h9,16-17,20-21,26-27,29-30,32H,1,10-15,18-19,22-23H2,2-8H3,(H,42,48)(H,43,53)(H,44,49)(H,45,50)(H,46,52)/t26?,29?,30?,32-,41-/m1/s1. The highest BCUT2D eigenvalue weighted by Crippen LogP contribution is 2.46. The van der Waals surface area contributed by atoms with Crippen LogP contribution in [-0.2, 0) is 35.1 Å². The van der Waals surface area contributed by atoms with Gasteiger partial charge in [-0.1, -0.05) is 26.8 Å². The number of fused-ring (bicyclic) bond motifs is 1. The lowest BCUT2D eigenvalue weighted by Crippen LogP contribution is -2.62. The summed E-state index contributed by atoms with van der Waals surface area (Å²) < 4.78 is 19.8. The van der Waals surface area contributed by atoms with Crippen molar-refractivity contribution in [1.82, 2.24) is 30.6 Å². The van der Waals surface area contributed by atoms with Gasteiger partial charge in [0.25, 0.3) is 11.5 Å². The summed E-state index contributed by atoms with van der Waals surface area (Å²) in [7, 11) is 1.56. The van der Waals surface area contributed by atoms with Gasteiger partial charge >= 0.3 is 6.09 Å². The van der Waals surface area contributed by atoms with E-state index in [0.29, 0.717) is 55.0 Å². The summed E-state index contributed by atoms with van der Waals surface area (Å²) in [4.78, 5) is 84.9. The van der Waals surface area contributed by atoms with Gasteiger partial charge in [0.2, 0.25) is 17.7 Å². The first-order valence-electron chi connectivity index (χ1n) is 19.6. The van der Waals surface area contributed by atoms with Crippen LogP contribution in [0.3, 0.4) is 0 Å². The predicted molar refractivity (Wildman–Crippen MR) is 217 cm³/mol. The fourth-order valence-corrected chi connectivity index (χ4v) is 7.78. The zero-order valence-electron chi connectivity index (χ0n) is 34.1. The number of hydrogen-bond donors (Lipinski definition) is 5. The van der Waals surface area contributed by atoms with Crippen LogP contribution in [0.5, 0.6) is 5.75 Å². The number of amides is 5. The molecule has 15 nitrogen and oxygen atoms in total. The SMILES string of the molecule is C=CC1C[C@]1(NC(=O)C1CCCN1C(=O)[C@@H](NC(=O)C(COCCCc1cc2c(=O)[nH]ccc2cc1OC)NC(=O)OC(C)(C)C)C(C)(C)C)C(=O)NSC1CC1. The lowest BCUT2D eigenvalue weighted by molar-refractivity contribution is -0.145. The molecule has 2 saturated carbocycles. The molecule has 3 aliphatic rings. The molecule has 5 atom stereocenters. The van der Waals surface area contributed by atoms with Crippen LogP contribution >= 0.6 is 11.9 Å². The molecule has 1 aromatic heterocycles. The molecular formula is C41H58N6O9S. The minimum absolute atomic E-state index is 0.198. The second-order valence-corrected chi connectivity index (χ2v) is 18.3. The van der Waals surface area contributed by atoms with Crippen LogP contribution in [0.2, 0.25) is 0 Å². The number of pyridine rings is 1. The van der Waals surface area contributed by atoms with Gasteiger partial charge in [0.15, 0.2) is 0 Å². The zero-order valence-corrected chi connectivity index (χ0v) is 34.9. The van der Waals surface area contributed by atoms with Crippen LogP contribution < -0.4 is 31.0 Å². The summed E-state index contributed by atoms with van der Waals surface area (Å²) in [6.07, 6.45) is 6.89. The molecular weight excluding hydrogens is 753 g/mol. The summed E-state index contributed by atoms with van der Waals surface area (Å²) in [6.45, 7) is 14.6. The molecule has 312 valence electrons. The number of ether oxygens (including phenoxy) is 3. The van der Waals surface area contributed by atoms with Gasteiger partial charge in [-0.15, -0.1) is 6.58 Å². The number of likely N-dealkylation sites (tertiary alicyclic amines) is 1. The van der Waals surface area contributed by atoms with Gasteiger partial charge in [0.05, 0.1) is 13.7 Å². The molecule has 2 heterocycles. The zero-order chi connectivity index (χ0) is 41.7. The van der Waals surface area contributed by atoms with E-state index in [4.69, 9.17) is 14.2 Å². The number of carbonyl (C=O) groups is 5. The third-order valence-corrected chi connectivity index (χ3v) is 11.4. The number of aromatic amines is 1. The number of aromatic nitrogens is 1. The summed E-state index contributed by atoms with van der Waals surface area (Å²) in [5.41, 5.74) is -2.16. The van der Waals surface area contributed by atoms with E-state index in [1.807, 2.05) is 6.07 Å². The Morgan fingerprint density at radius 2 is 1.82 bits per heavy atom. The van der Waals surface area contributed by atoms with Gasteiger partial charge in [-0.3, -0.25) is 28.7 Å². The molecule has 57 heavy (non-hydrogen) atoms. The highest BCUT2D eigenvalue weighted by atomic mass is 32.2. The van der Waals surface area contributed by atoms with Crippen molar-refractivity contribution < 1.29 is 38.2 Å². The Labute approximate surface area is 338 Å². The fourth-order valence-electron chi connectivity index (χ4n) is 6.96. The number of alkyl carbamates (subject to hydrolysis) is 1. The van der Waals surface area contributed by atoms with Gasteiger partial charge < -0.3 is 40.0 Å². The van der Waals surface area contributed by atoms with Gasteiger partial charge in [-0.05, 0) is 112 Å². The van der Waals surface area contributed by atoms with E-state index in [2.05, 4.69) is 32.2 Å². The summed E-state index contributed by atoms with van der Waals surface area (Å²) in [6, 6.07) is 2.24. The van der Waals surface area contributed by atoms with Gasteiger partial charge in [-0.25, -0.2) is 4.79 Å². The minimum atomic E-state index is -1.23. The molecule has 1 aliphatic heterocycles. The lowest BCUT2D eigenvalue weighted by Gasteiger charge is -2.36. The summed E-state index contributed by atoms with van der Waals surface area (Å²) in [5, 5.41) is 10.1. The van der Waals surface area contributed by atoms with Crippen molar-refractivity contribution in [2.75, 3.05) is 26.9 Å². The smallest absolute Gasteiger partial charge is 0.408 e. The quantitative estimate of drug-likeness (QED) is 0.0889. The Morgan fingerprint density at radius 3 is 2.46 bits per heavy atom. The Kier molecular flexibility index (Phi) is 13.7. The van der Waals surface area contributed by atoms with E-state index < -0.39 is 58.5 Å². The van der Waals surface area contributed by atoms with E-state index in [-0.39, 0.29) is 30.6 Å². The van der Waals surface area contributed by atoms with Crippen LogP contribution in [0.25, 0.3) is 10.8 Å². The first kappa shape index (κ1) is 43.6. The lowest BCUT2D eigenvalue weighted by atomic mass is 9.85. The molecule has 1 saturated heterocycles. The first-order chi connectivity index (χ1) is 26.9. The Bertz CT molecular complexity index is 1900. The van der Waals surface area contributed by atoms with Gasteiger partial charge in [0, 0.05) is 35.9 Å². The molecule has 16 heteroatoms. The number of benzene rings is 1. The minimum Gasteiger partial charge on any atom is -0.496 e. The van der Waals surface area contributed by atoms with E-state index in [1.165, 1.54) is 16.8 Å². The maximum Gasteiger partial charge on any atom is 0.408 e. The Hall–Kier alpha value is -4.57. The van der Waals surface area contributed by atoms with Crippen LogP contribution in [0, 0.1) is 11.3 Å². The van der Waals surface area contributed by atoms with Crippen LogP contribution in [0.4, 0.5) is 4.79 Å². The summed E-state index contributed by atoms with van der Waals surface area (Å²) in [5.74, 6) is -1.41. The maximum absolute atomic E-state index is 14.3. The Morgan fingerprint density at radius 1 is 1.09 bits per heavy atom. The second-order valence-electron chi connectivity index (χ2n) is 17.2. The molecule has 1 aromatic carbocycles. The normalized spacial score (nSPS) is 21.6. The number of carbonyl (C=O) groups excluding carboxylic acids is 5. The van der Waals surface area contributed by atoms with Crippen LogP contribution in [0.15, 0.2) is 41.8 Å². The molecule has 3 fully saturated rings. The maximum atomic E-state index is 14.3. The Balaban J connectivity index is 1.25. The van der Waals surface area contributed by atoms with Crippen LogP contribution in [-0.4, -0.2) is 101 Å². The number of hydrogen-bond acceptors (Lipinski definition) is 10. The van der Waals surface area contributed by atoms with E-state index in [9.17, 15) is 28.8 Å². The number of nitrogens with one attached hydrogen (secondary N) is 5. The predicted octanol–water partition coefficient (Wildman–Crippen LogP) is 3.89. The monoisotopic (exact) mass is 810 g/mol. The van der Waals surface area contributed by atoms with Gasteiger partial charge in [0.1, 0.15) is 35.0 Å². The van der Waals surface area contributed by atoms with Crippen molar-refractivity contribution in [1.29, 1.82) is 0 Å². The molecule has 5 amide bonds. The number of aryl methyl sites for hydroxylation is 1. The molecule has 2 aromatic rings. The average molecular weight is 811 g/mol. The molecule has 5 N–H and O–H groups in total. The molecule has 2 aliphatic carbocycles. The number of methoxy groups -OCH3 is 1.